The molecular formula is C23H32FIN4O. The molecule has 0 radical (unpaired) electrons. The van der Waals surface area contributed by atoms with Gasteiger partial charge in [-0.1, -0.05) is 24.3 Å². The summed E-state index contributed by atoms with van der Waals surface area (Å²) in [6.07, 6.45) is 2.34. The van der Waals surface area contributed by atoms with Crippen LogP contribution in [-0.4, -0.2) is 44.7 Å². The standard InChI is InChI=1S/C23H31FN4O.HI/c1-25-23(27-16-20-4-3-5-21(24)14-20)26-15-18-10-12-28(13-11-18)17-19-6-8-22(29-2)9-7-19;/h3-9,14,18H,10-13,15-17H2,1-2H3,(H2,25,26,27);1H. The molecule has 2 aromatic carbocycles. The van der Waals surface area contributed by atoms with Gasteiger partial charge >= 0.3 is 0 Å². The Balaban J connectivity index is 0.00000320. The highest BCUT2D eigenvalue weighted by atomic mass is 127. The molecule has 0 unspecified atom stereocenters. The quantitative estimate of drug-likeness (QED) is 0.325. The van der Waals surface area contributed by atoms with Gasteiger partial charge in [0.05, 0.1) is 7.11 Å². The van der Waals surface area contributed by atoms with Gasteiger partial charge in [0.25, 0.3) is 0 Å². The summed E-state index contributed by atoms with van der Waals surface area (Å²) in [4.78, 5) is 6.78. The Morgan fingerprint density at radius 3 is 2.47 bits per heavy atom. The number of nitrogens with one attached hydrogen (secondary N) is 2. The van der Waals surface area contributed by atoms with Crippen molar-refractivity contribution in [3.63, 3.8) is 0 Å². The average Bonchev–Trinajstić information content (AvgIpc) is 2.75. The average molecular weight is 526 g/mol. The first-order valence-electron chi connectivity index (χ1n) is 10.2. The summed E-state index contributed by atoms with van der Waals surface area (Å²) >= 11 is 0. The molecule has 0 aromatic heterocycles. The van der Waals surface area contributed by atoms with E-state index in [0.29, 0.717) is 12.5 Å². The Morgan fingerprint density at radius 1 is 1.10 bits per heavy atom. The molecule has 1 fully saturated rings. The topological polar surface area (TPSA) is 48.9 Å². The summed E-state index contributed by atoms with van der Waals surface area (Å²) in [5, 5.41) is 6.67. The minimum atomic E-state index is -0.214. The van der Waals surface area contributed by atoms with Gasteiger partial charge in [0.2, 0.25) is 0 Å². The second kappa shape index (κ2) is 12.7. The van der Waals surface area contributed by atoms with Crippen molar-refractivity contribution in [2.75, 3.05) is 33.8 Å². The molecule has 0 spiro atoms. The van der Waals surface area contributed by atoms with E-state index in [1.54, 1.807) is 26.3 Å². The van der Waals surface area contributed by atoms with Crippen LogP contribution in [0.25, 0.3) is 0 Å². The Bertz CT molecular complexity index is 792. The van der Waals surface area contributed by atoms with Crippen molar-refractivity contribution in [2.45, 2.75) is 25.9 Å². The van der Waals surface area contributed by atoms with Gasteiger partial charge in [-0.3, -0.25) is 9.89 Å². The van der Waals surface area contributed by atoms with E-state index in [4.69, 9.17) is 4.74 Å². The molecule has 1 aliphatic heterocycles. The third kappa shape index (κ3) is 7.75. The number of ether oxygens (including phenoxy) is 1. The fourth-order valence-electron chi connectivity index (χ4n) is 3.63. The predicted octanol–water partition coefficient (Wildman–Crippen LogP) is 4.03. The van der Waals surface area contributed by atoms with Gasteiger partial charge in [-0.2, -0.15) is 0 Å². The van der Waals surface area contributed by atoms with E-state index in [0.717, 1.165) is 43.5 Å². The van der Waals surface area contributed by atoms with E-state index in [1.165, 1.54) is 24.5 Å². The molecule has 164 valence electrons. The van der Waals surface area contributed by atoms with Gasteiger partial charge in [0.1, 0.15) is 11.6 Å². The monoisotopic (exact) mass is 526 g/mol. The van der Waals surface area contributed by atoms with Crippen molar-refractivity contribution < 1.29 is 9.13 Å². The minimum absolute atomic E-state index is 0. The fraction of sp³-hybridized carbons (Fsp3) is 0.435. The second-order valence-electron chi connectivity index (χ2n) is 7.50. The van der Waals surface area contributed by atoms with Gasteiger partial charge in [-0.15, -0.1) is 24.0 Å². The molecule has 1 heterocycles. The van der Waals surface area contributed by atoms with Crippen LogP contribution < -0.4 is 15.4 Å². The van der Waals surface area contributed by atoms with Gasteiger partial charge < -0.3 is 15.4 Å². The van der Waals surface area contributed by atoms with Crippen LogP contribution in [0.3, 0.4) is 0 Å². The number of hydrogen-bond donors (Lipinski definition) is 2. The molecule has 5 nitrogen and oxygen atoms in total. The van der Waals surface area contributed by atoms with Crippen LogP contribution >= 0.6 is 24.0 Å². The highest BCUT2D eigenvalue weighted by Crippen LogP contribution is 2.19. The number of piperidine rings is 1. The molecule has 1 aliphatic rings. The van der Waals surface area contributed by atoms with E-state index < -0.39 is 0 Å². The molecule has 2 aromatic rings. The summed E-state index contributed by atoms with van der Waals surface area (Å²) in [7, 11) is 3.46. The third-order valence-corrected chi connectivity index (χ3v) is 5.40. The first kappa shape index (κ1) is 24.4. The first-order chi connectivity index (χ1) is 14.2. The summed E-state index contributed by atoms with van der Waals surface area (Å²) in [6.45, 7) is 4.65. The number of hydrogen-bond acceptors (Lipinski definition) is 3. The van der Waals surface area contributed by atoms with E-state index in [2.05, 4.69) is 32.7 Å². The number of aliphatic imine (C=N–C) groups is 1. The molecule has 0 aliphatic carbocycles. The number of benzene rings is 2. The highest BCUT2D eigenvalue weighted by molar-refractivity contribution is 14.0. The highest BCUT2D eigenvalue weighted by Gasteiger charge is 2.19. The molecule has 2 N–H and O–H groups in total. The zero-order chi connectivity index (χ0) is 20.5. The normalized spacial score (nSPS) is 15.4. The van der Waals surface area contributed by atoms with Crippen LogP contribution in [0.5, 0.6) is 5.75 Å². The number of halogens is 2. The van der Waals surface area contributed by atoms with Crippen molar-refractivity contribution in [3.05, 3.63) is 65.5 Å². The smallest absolute Gasteiger partial charge is 0.191 e. The second-order valence-corrected chi connectivity index (χ2v) is 7.50. The Kier molecular flexibility index (Phi) is 10.4. The molecule has 0 bridgehead atoms. The van der Waals surface area contributed by atoms with Crippen molar-refractivity contribution in [3.8, 4) is 5.75 Å². The van der Waals surface area contributed by atoms with Crippen molar-refractivity contribution in [1.82, 2.24) is 15.5 Å². The van der Waals surface area contributed by atoms with Crippen LogP contribution in [-0.2, 0) is 13.1 Å². The summed E-state index contributed by atoms with van der Waals surface area (Å²) in [5.41, 5.74) is 2.23. The van der Waals surface area contributed by atoms with Crippen molar-refractivity contribution in [2.24, 2.45) is 10.9 Å². The maximum atomic E-state index is 13.3. The molecule has 0 saturated carbocycles. The van der Waals surface area contributed by atoms with Crippen LogP contribution in [0.4, 0.5) is 4.39 Å². The van der Waals surface area contributed by atoms with E-state index in [1.807, 2.05) is 18.2 Å². The van der Waals surface area contributed by atoms with Crippen molar-refractivity contribution in [1.29, 1.82) is 0 Å². The van der Waals surface area contributed by atoms with Crippen LogP contribution in [0.2, 0.25) is 0 Å². The minimum Gasteiger partial charge on any atom is -0.497 e. The SMILES string of the molecule is CN=C(NCc1cccc(F)c1)NCC1CCN(Cc2ccc(OC)cc2)CC1.I. The third-order valence-electron chi connectivity index (χ3n) is 5.40. The van der Waals surface area contributed by atoms with E-state index in [9.17, 15) is 4.39 Å². The number of nitrogens with zero attached hydrogens (tertiary/aromatic N) is 2. The predicted molar refractivity (Wildman–Crippen MR) is 131 cm³/mol. The number of guanidine groups is 1. The molecule has 1 saturated heterocycles. The zero-order valence-corrected chi connectivity index (χ0v) is 20.1. The summed E-state index contributed by atoms with van der Waals surface area (Å²) in [6, 6.07) is 14.9. The number of likely N-dealkylation sites (tertiary alicyclic amines) is 1. The fourth-order valence-corrected chi connectivity index (χ4v) is 3.63. The lowest BCUT2D eigenvalue weighted by Gasteiger charge is -2.32. The van der Waals surface area contributed by atoms with Gasteiger partial charge in [0.15, 0.2) is 5.96 Å². The number of methoxy groups -OCH3 is 1. The van der Waals surface area contributed by atoms with E-state index >= 15 is 0 Å². The molecule has 0 amide bonds. The first-order valence-corrected chi connectivity index (χ1v) is 10.2. The largest absolute Gasteiger partial charge is 0.497 e. The lowest BCUT2D eigenvalue weighted by molar-refractivity contribution is 0.178. The zero-order valence-electron chi connectivity index (χ0n) is 17.7. The maximum Gasteiger partial charge on any atom is 0.191 e. The molecule has 3 rings (SSSR count). The Morgan fingerprint density at radius 2 is 1.83 bits per heavy atom. The van der Waals surface area contributed by atoms with E-state index in [-0.39, 0.29) is 29.8 Å². The van der Waals surface area contributed by atoms with Gasteiger partial charge in [-0.25, -0.2) is 4.39 Å². The summed E-state index contributed by atoms with van der Waals surface area (Å²) < 4.78 is 18.5. The molecule has 30 heavy (non-hydrogen) atoms. The Hall–Kier alpha value is -1.87. The van der Waals surface area contributed by atoms with Crippen molar-refractivity contribution >= 4 is 29.9 Å². The van der Waals surface area contributed by atoms with Crippen LogP contribution in [0, 0.1) is 11.7 Å². The maximum absolute atomic E-state index is 13.3. The lowest BCUT2D eigenvalue weighted by atomic mass is 9.96. The molecule has 7 heteroatoms. The van der Waals surface area contributed by atoms with Crippen LogP contribution in [0.1, 0.15) is 24.0 Å². The van der Waals surface area contributed by atoms with Gasteiger partial charge in [-0.05, 0) is 67.2 Å². The van der Waals surface area contributed by atoms with Crippen LogP contribution in [0.15, 0.2) is 53.5 Å². The summed E-state index contributed by atoms with van der Waals surface area (Å²) in [5.74, 6) is 2.08. The number of rotatable bonds is 7. The van der Waals surface area contributed by atoms with Gasteiger partial charge in [0, 0.05) is 26.7 Å². The molecule has 0 atom stereocenters. The molecular weight excluding hydrogens is 494 g/mol. The Labute approximate surface area is 196 Å². The lowest BCUT2D eigenvalue weighted by Crippen LogP contribution is -2.42.